The maximum atomic E-state index is 5.90. The second kappa shape index (κ2) is 6.54. The van der Waals surface area contributed by atoms with Crippen molar-refractivity contribution in [2.75, 3.05) is 32.6 Å². The summed E-state index contributed by atoms with van der Waals surface area (Å²) >= 11 is 5.90. The normalized spacial score (nSPS) is 16.9. The lowest BCUT2D eigenvalue weighted by Crippen LogP contribution is -2.54. The summed E-state index contributed by atoms with van der Waals surface area (Å²) in [6.45, 7) is 3.40. The van der Waals surface area contributed by atoms with Crippen molar-refractivity contribution in [2.24, 2.45) is 0 Å². The fraction of sp³-hybridized carbons (Fsp3) is 0.769. The van der Waals surface area contributed by atoms with E-state index in [1.165, 1.54) is 19.3 Å². The third kappa shape index (κ3) is 3.49. The van der Waals surface area contributed by atoms with Crippen LogP contribution in [0.5, 0.6) is 6.01 Å². The molecule has 1 N–H and O–H groups in total. The number of hydrogen-bond donors (Lipinski definition) is 1. The zero-order chi connectivity index (χ0) is 14.6. The summed E-state index contributed by atoms with van der Waals surface area (Å²) in [4.78, 5) is 14.5. The Morgan fingerprint density at radius 2 is 2.05 bits per heavy atom. The van der Waals surface area contributed by atoms with Gasteiger partial charge in [-0.05, 0) is 51.4 Å². The quantitative estimate of drug-likeness (QED) is 0.833. The van der Waals surface area contributed by atoms with Crippen molar-refractivity contribution in [3.8, 4) is 6.01 Å². The average molecular weight is 300 g/mol. The highest BCUT2D eigenvalue weighted by atomic mass is 35.5. The Balaban J connectivity index is 2.00. The van der Waals surface area contributed by atoms with Gasteiger partial charge in [-0.15, -0.1) is 0 Å². The van der Waals surface area contributed by atoms with Crippen molar-refractivity contribution in [1.29, 1.82) is 0 Å². The molecule has 112 valence electrons. The summed E-state index contributed by atoms with van der Waals surface area (Å²) in [5.41, 5.74) is 0.198. The minimum absolute atomic E-state index is 0.154. The number of rotatable bonds is 7. The molecule has 0 spiro atoms. The molecule has 0 amide bonds. The SMILES string of the molecule is CCCOc1nc(Cl)nc(NCC2(N(C)C)CCC2)n1. The summed E-state index contributed by atoms with van der Waals surface area (Å²) in [5, 5.41) is 3.41. The molecule has 7 heteroatoms. The minimum atomic E-state index is 0.154. The molecule has 1 aromatic rings. The molecule has 1 aromatic heterocycles. The maximum Gasteiger partial charge on any atom is 0.322 e. The van der Waals surface area contributed by atoms with E-state index in [0.29, 0.717) is 12.6 Å². The summed E-state index contributed by atoms with van der Waals surface area (Å²) < 4.78 is 5.40. The highest BCUT2D eigenvalue weighted by Gasteiger charge is 2.38. The van der Waals surface area contributed by atoms with Gasteiger partial charge in [0, 0.05) is 12.1 Å². The molecule has 1 aliphatic rings. The van der Waals surface area contributed by atoms with Crippen LogP contribution in [0.3, 0.4) is 0 Å². The first-order valence-electron chi connectivity index (χ1n) is 7.01. The molecular formula is C13H22ClN5O. The number of aromatic nitrogens is 3. The Hall–Kier alpha value is -1.14. The number of likely N-dealkylation sites (N-methyl/N-ethyl adjacent to an activating group) is 1. The Bertz CT molecular complexity index is 450. The molecule has 1 aliphatic carbocycles. The van der Waals surface area contributed by atoms with E-state index in [2.05, 4.69) is 39.3 Å². The molecule has 0 unspecified atom stereocenters. The van der Waals surface area contributed by atoms with Crippen LogP contribution in [0.15, 0.2) is 0 Å². The largest absolute Gasteiger partial charge is 0.463 e. The van der Waals surface area contributed by atoms with Gasteiger partial charge in [0.15, 0.2) is 0 Å². The second-order valence-corrected chi connectivity index (χ2v) is 5.72. The topological polar surface area (TPSA) is 63.2 Å². The van der Waals surface area contributed by atoms with Gasteiger partial charge in [-0.2, -0.15) is 15.0 Å². The monoisotopic (exact) mass is 299 g/mol. The number of hydrogen-bond acceptors (Lipinski definition) is 6. The lowest BCUT2D eigenvalue weighted by molar-refractivity contribution is 0.0737. The highest BCUT2D eigenvalue weighted by molar-refractivity contribution is 6.28. The van der Waals surface area contributed by atoms with Gasteiger partial charge >= 0.3 is 6.01 Å². The van der Waals surface area contributed by atoms with E-state index in [9.17, 15) is 0 Å². The van der Waals surface area contributed by atoms with Crippen LogP contribution < -0.4 is 10.1 Å². The first-order valence-corrected chi connectivity index (χ1v) is 7.39. The molecule has 1 heterocycles. The summed E-state index contributed by atoms with van der Waals surface area (Å²) in [5.74, 6) is 0.476. The van der Waals surface area contributed by atoms with E-state index in [1.807, 2.05) is 6.92 Å². The first kappa shape index (κ1) is 15.3. The van der Waals surface area contributed by atoms with Crippen molar-refractivity contribution in [1.82, 2.24) is 19.9 Å². The van der Waals surface area contributed by atoms with E-state index in [0.717, 1.165) is 13.0 Å². The molecule has 1 fully saturated rings. The van der Waals surface area contributed by atoms with E-state index in [-0.39, 0.29) is 16.8 Å². The van der Waals surface area contributed by atoms with E-state index in [4.69, 9.17) is 16.3 Å². The summed E-state index contributed by atoms with van der Waals surface area (Å²) in [6, 6.07) is 0.280. The van der Waals surface area contributed by atoms with Crippen molar-refractivity contribution in [3.63, 3.8) is 0 Å². The van der Waals surface area contributed by atoms with E-state index >= 15 is 0 Å². The van der Waals surface area contributed by atoms with Gasteiger partial charge in [0.2, 0.25) is 11.2 Å². The Morgan fingerprint density at radius 3 is 2.60 bits per heavy atom. The van der Waals surface area contributed by atoms with Crippen LogP contribution in [0.25, 0.3) is 0 Å². The Morgan fingerprint density at radius 1 is 1.30 bits per heavy atom. The predicted molar refractivity (Wildman–Crippen MR) is 79.4 cm³/mol. The molecule has 0 bridgehead atoms. The van der Waals surface area contributed by atoms with Crippen LogP contribution in [-0.4, -0.2) is 52.6 Å². The van der Waals surface area contributed by atoms with E-state index in [1.54, 1.807) is 0 Å². The minimum Gasteiger partial charge on any atom is -0.463 e. The van der Waals surface area contributed by atoms with E-state index < -0.39 is 0 Å². The van der Waals surface area contributed by atoms with Gasteiger partial charge in [-0.3, -0.25) is 0 Å². The zero-order valence-corrected chi connectivity index (χ0v) is 13.1. The maximum absolute atomic E-state index is 5.90. The van der Waals surface area contributed by atoms with Crippen LogP contribution >= 0.6 is 11.6 Å². The third-order valence-electron chi connectivity index (χ3n) is 3.83. The van der Waals surface area contributed by atoms with Crippen LogP contribution in [-0.2, 0) is 0 Å². The molecule has 20 heavy (non-hydrogen) atoms. The second-order valence-electron chi connectivity index (χ2n) is 5.38. The van der Waals surface area contributed by atoms with Crippen molar-refractivity contribution >= 4 is 17.5 Å². The van der Waals surface area contributed by atoms with Crippen LogP contribution in [0.1, 0.15) is 32.6 Å². The Kier molecular flexibility index (Phi) is 4.99. The molecule has 0 saturated heterocycles. The smallest absolute Gasteiger partial charge is 0.322 e. The van der Waals surface area contributed by atoms with Crippen LogP contribution in [0.4, 0.5) is 5.95 Å². The van der Waals surface area contributed by atoms with Gasteiger partial charge in [0.1, 0.15) is 0 Å². The number of anilines is 1. The van der Waals surface area contributed by atoms with Crippen molar-refractivity contribution in [2.45, 2.75) is 38.1 Å². The molecule has 1 saturated carbocycles. The molecular weight excluding hydrogens is 278 g/mol. The zero-order valence-electron chi connectivity index (χ0n) is 12.3. The number of halogens is 1. The molecule has 0 aliphatic heterocycles. The molecule has 0 atom stereocenters. The molecule has 0 radical (unpaired) electrons. The standard InChI is InChI=1S/C13H22ClN5O/c1-4-8-20-12-17-10(14)16-11(18-12)15-9-13(19(2)3)6-5-7-13/h4-9H2,1-3H3,(H,15,16,17,18). The van der Waals surface area contributed by atoms with Gasteiger partial charge in [0.25, 0.3) is 0 Å². The summed E-state index contributed by atoms with van der Waals surface area (Å²) in [7, 11) is 4.22. The third-order valence-corrected chi connectivity index (χ3v) is 4.00. The number of nitrogens with one attached hydrogen (secondary N) is 1. The number of nitrogens with zero attached hydrogens (tertiary/aromatic N) is 4. The predicted octanol–water partition coefficient (Wildman–Crippen LogP) is 2.21. The molecule has 0 aromatic carbocycles. The van der Waals surface area contributed by atoms with Gasteiger partial charge < -0.3 is 15.0 Å². The van der Waals surface area contributed by atoms with Gasteiger partial charge in [-0.1, -0.05) is 6.92 Å². The lowest BCUT2D eigenvalue weighted by Gasteiger charge is -2.47. The molecule has 2 rings (SSSR count). The fourth-order valence-corrected chi connectivity index (χ4v) is 2.43. The summed E-state index contributed by atoms with van der Waals surface area (Å²) in [6.07, 6.45) is 4.54. The van der Waals surface area contributed by atoms with Gasteiger partial charge in [0.05, 0.1) is 6.61 Å². The van der Waals surface area contributed by atoms with Crippen LogP contribution in [0, 0.1) is 0 Å². The molecule has 6 nitrogen and oxygen atoms in total. The van der Waals surface area contributed by atoms with Gasteiger partial charge in [-0.25, -0.2) is 0 Å². The first-order chi connectivity index (χ1) is 9.55. The number of ether oxygens (including phenoxy) is 1. The van der Waals surface area contributed by atoms with Crippen LogP contribution in [0.2, 0.25) is 5.28 Å². The Labute approximate surface area is 124 Å². The van der Waals surface area contributed by atoms with Crippen molar-refractivity contribution < 1.29 is 4.74 Å². The lowest BCUT2D eigenvalue weighted by atomic mass is 9.75. The fourth-order valence-electron chi connectivity index (χ4n) is 2.28. The highest BCUT2D eigenvalue weighted by Crippen LogP contribution is 2.36. The average Bonchev–Trinajstić information content (AvgIpc) is 2.34. The van der Waals surface area contributed by atoms with Crippen molar-refractivity contribution in [3.05, 3.63) is 5.28 Å².